The van der Waals surface area contributed by atoms with Gasteiger partial charge in [-0.1, -0.05) is 23.2 Å². The number of hydrogen-bond acceptors (Lipinski definition) is 5. The zero-order chi connectivity index (χ0) is 14.7. The Bertz CT molecular complexity index is 540. The van der Waals surface area contributed by atoms with Crippen LogP contribution >= 0.6 is 23.2 Å². The SMILES string of the molecule is O=C(NCC1CCC(C(=O)O)O1)c1cc(Cl)nnc1Cl. The normalized spacial score (nSPS) is 21.7. The van der Waals surface area contributed by atoms with Gasteiger partial charge in [-0.05, 0) is 18.9 Å². The third kappa shape index (κ3) is 3.56. The molecule has 2 heterocycles. The van der Waals surface area contributed by atoms with Gasteiger partial charge in [0, 0.05) is 6.54 Å². The molecule has 1 amide bonds. The topological polar surface area (TPSA) is 101 Å². The molecule has 0 bridgehead atoms. The van der Waals surface area contributed by atoms with Crippen molar-refractivity contribution in [3.8, 4) is 0 Å². The molecule has 108 valence electrons. The van der Waals surface area contributed by atoms with Crippen LogP contribution in [0.3, 0.4) is 0 Å². The lowest BCUT2D eigenvalue weighted by Gasteiger charge is -2.12. The van der Waals surface area contributed by atoms with Gasteiger partial charge >= 0.3 is 5.97 Å². The van der Waals surface area contributed by atoms with Crippen LogP contribution in [-0.2, 0) is 9.53 Å². The second kappa shape index (κ2) is 6.34. The number of nitrogens with zero attached hydrogens (tertiary/aromatic N) is 2. The van der Waals surface area contributed by atoms with Gasteiger partial charge in [0.25, 0.3) is 5.91 Å². The highest BCUT2D eigenvalue weighted by atomic mass is 35.5. The van der Waals surface area contributed by atoms with Crippen LogP contribution < -0.4 is 5.32 Å². The molecular weight excluding hydrogens is 309 g/mol. The predicted molar refractivity (Wildman–Crippen MR) is 69.9 cm³/mol. The number of ether oxygens (including phenoxy) is 1. The van der Waals surface area contributed by atoms with Gasteiger partial charge in [0.2, 0.25) is 0 Å². The quantitative estimate of drug-likeness (QED) is 0.863. The highest BCUT2D eigenvalue weighted by molar-refractivity contribution is 6.34. The highest BCUT2D eigenvalue weighted by Gasteiger charge is 2.30. The van der Waals surface area contributed by atoms with Crippen molar-refractivity contribution in [3.63, 3.8) is 0 Å². The molecule has 20 heavy (non-hydrogen) atoms. The standard InChI is InChI=1S/C11H11Cl2N3O4/c12-8-3-6(9(13)16-15-8)10(17)14-4-5-1-2-7(20-5)11(18)19/h3,5,7H,1-2,4H2,(H,14,17)(H,18,19). The summed E-state index contributed by atoms with van der Waals surface area (Å²) in [5, 5.41) is 18.4. The average molecular weight is 320 g/mol. The largest absolute Gasteiger partial charge is 0.479 e. The highest BCUT2D eigenvalue weighted by Crippen LogP contribution is 2.20. The molecule has 1 fully saturated rings. The van der Waals surface area contributed by atoms with Crippen molar-refractivity contribution in [2.75, 3.05) is 6.54 Å². The first-order chi connectivity index (χ1) is 9.47. The van der Waals surface area contributed by atoms with Gasteiger partial charge in [-0.3, -0.25) is 4.79 Å². The lowest BCUT2D eigenvalue weighted by atomic mass is 10.2. The number of rotatable bonds is 4. The number of carbonyl (C=O) groups is 2. The Labute approximate surface area is 124 Å². The number of hydrogen-bond donors (Lipinski definition) is 2. The molecule has 9 heteroatoms. The van der Waals surface area contributed by atoms with E-state index in [-0.39, 0.29) is 28.5 Å². The van der Waals surface area contributed by atoms with E-state index in [2.05, 4.69) is 15.5 Å². The Hall–Kier alpha value is -1.44. The minimum atomic E-state index is -0.994. The van der Waals surface area contributed by atoms with Gasteiger partial charge < -0.3 is 15.2 Å². The zero-order valence-electron chi connectivity index (χ0n) is 10.2. The van der Waals surface area contributed by atoms with Crippen molar-refractivity contribution in [2.24, 2.45) is 0 Å². The molecular formula is C11H11Cl2N3O4. The van der Waals surface area contributed by atoms with Crippen LogP contribution in [0.4, 0.5) is 0 Å². The van der Waals surface area contributed by atoms with Crippen molar-refractivity contribution in [1.29, 1.82) is 0 Å². The van der Waals surface area contributed by atoms with Crippen LogP contribution in [0.5, 0.6) is 0 Å². The molecule has 2 N–H and O–H groups in total. The van der Waals surface area contributed by atoms with E-state index in [9.17, 15) is 9.59 Å². The van der Waals surface area contributed by atoms with Crippen LogP contribution in [0.25, 0.3) is 0 Å². The maximum atomic E-state index is 11.9. The number of amides is 1. The smallest absolute Gasteiger partial charge is 0.332 e. The van der Waals surface area contributed by atoms with Gasteiger partial charge in [0.1, 0.15) is 0 Å². The molecule has 1 aliphatic rings. The van der Waals surface area contributed by atoms with E-state index in [0.29, 0.717) is 12.8 Å². The van der Waals surface area contributed by atoms with Crippen molar-refractivity contribution in [1.82, 2.24) is 15.5 Å². The van der Waals surface area contributed by atoms with E-state index in [4.69, 9.17) is 33.0 Å². The maximum absolute atomic E-state index is 11.9. The molecule has 1 saturated heterocycles. The first kappa shape index (κ1) is 15.0. The second-order valence-corrected chi connectivity index (χ2v) is 4.99. The fourth-order valence-electron chi connectivity index (χ4n) is 1.85. The lowest BCUT2D eigenvalue weighted by molar-refractivity contribution is -0.149. The van der Waals surface area contributed by atoms with Crippen LogP contribution in [0.15, 0.2) is 6.07 Å². The third-order valence-corrected chi connectivity index (χ3v) is 3.30. The number of nitrogens with one attached hydrogen (secondary N) is 1. The molecule has 1 aliphatic heterocycles. The summed E-state index contributed by atoms with van der Waals surface area (Å²) >= 11 is 11.4. The van der Waals surface area contributed by atoms with Gasteiger partial charge in [0.15, 0.2) is 16.4 Å². The van der Waals surface area contributed by atoms with Crippen LogP contribution in [-0.4, -0.2) is 45.9 Å². The fraction of sp³-hybridized carbons (Fsp3) is 0.455. The summed E-state index contributed by atoms with van der Waals surface area (Å²) in [6.45, 7) is 0.193. The average Bonchev–Trinajstić information content (AvgIpc) is 2.88. The van der Waals surface area contributed by atoms with Gasteiger partial charge in [-0.15, -0.1) is 10.2 Å². The van der Waals surface area contributed by atoms with Crippen molar-refractivity contribution in [2.45, 2.75) is 25.0 Å². The summed E-state index contributed by atoms with van der Waals surface area (Å²) in [4.78, 5) is 22.6. The summed E-state index contributed by atoms with van der Waals surface area (Å²) in [6, 6.07) is 1.31. The van der Waals surface area contributed by atoms with E-state index < -0.39 is 18.0 Å². The molecule has 1 aromatic heterocycles. The molecule has 0 saturated carbocycles. The summed E-state index contributed by atoms with van der Waals surface area (Å²) in [5.41, 5.74) is 0.111. The van der Waals surface area contributed by atoms with Crippen LogP contribution in [0.2, 0.25) is 10.3 Å². The first-order valence-corrected chi connectivity index (χ1v) is 6.58. The lowest BCUT2D eigenvalue weighted by Crippen LogP contribution is -2.33. The van der Waals surface area contributed by atoms with Gasteiger partial charge in [-0.2, -0.15) is 0 Å². The Kier molecular flexibility index (Phi) is 4.74. The van der Waals surface area contributed by atoms with Crippen molar-refractivity contribution < 1.29 is 19.4 Å². The number of carbonyl (C=O) groups excluding carboxylic acids is 1. The number of aliphatic carboxylic acids is 1. The van der Waals surface area contributed by atoms with E-state index in [0.717, 1.165) is 0 Å². The molecule has 7 nitrogen and oxygen atoms in total. The first-order valence-electron chi connectivity index (χ1n) is 5.82. The predicted octanol–water partition coefficient (Wildman–Crippen LogP) is 1.15. The van der Waals surface area contributed by atoms with E-state index in [1.807, 2.05) is 0 Å². The van der Waals surface area contributed by atoms with Crippen LogP contribution in [0.1, 0.15) is 23.2 Å². The molecule has 2 unspecified atom stereocenters. The van der Waals surface area contributed by atoms with E-state index in [1.54, 1.807) is 0 Å². The Balaban J connectivity index is 1.90. The van der Waals surface area contributed by atoms with Crippen molar-refractivity contribution >= 4 is 35.1 Å². The molecule has 1 aromatic rings. The zero-order valence-corrected chi connectivity index (χ0v) is 11.7. The van der Waals surface area contributed by atoms with Crippen LogP contribution in [0, 0.1) is 0 Å². The summed E-state index contributed by atoms with van der Waals surface area (Å²) in [7, 11) is 0. The van der Waals surface area contributed by atoms with Gasteiger partial charge in [-0.25, -0.2) is 4.79 Å². The minimum Gasteiger partial charge on any atom is -0.479 e. The molecule has 0 aliphatic carbocycles. The monoisotopic (exact) mass is 319 g/mol. The minimum absolute atomic E-state index is 0.0531. The number of halogens is 2. The second-order valence-electron chi connectivity index (χ2n) is 4.24. The third-order valence-electron chi connectivity index (χ3n) is 2.84. The molecule has 0 radical (unpaired) electrons. The Morgan fingerprint density at radius 3 is 2.80 bits per heavy atom. The number of aromatic nitrogens is 2. The van der Waals surface area contributed by atoms with Gasteiger partial charge in [0.05, 0.1) is 11.7 Å². The molecule has 0 aromatic carbocycles. The van der Waals surface area contributed by atoms with E-state index >= 15 is 0 Å². The Morgan fingerprint density at radius 2 is 2.15 bits per heavy atom. The fourth-order valence-corrected chi connectivity index (χ4v) is 2.18. The van der Waals surface area contributed by atoms with E-state index in [1.165, 1.54) is 6.07 Å². The number of carboxylic acids is 1. The molecule has 0 spiro atoms. The molecule has 2 atom stereocenters. The number of carboxylic acid groups (broad SMARTS) is 1. The Morgan fingerprint density at radius 1 is 1.40 bits per heavy atom. The summed E-state index contributed by atoms with van der Waals surface area (Å²) in [5.74, 6) is -1.46. The summed E-state index contributed by atoms with van der Waals surface area (Å²) in [6.07, 6.45) is -0.138. The van der Waals surface area contributed by atoms with Crippen molar-refractivity contribution in [3.05, 3.63) is 21.9 Å². The molecule has 2 rings (SSSR count). The maximum Gasteiger partial charge on any atom is 0.332 e. The summed E-state index contributed by atoms with van der Waals surface area (Å²) < 4.78 is 5.26.